The molecule has 0 bridgehead atoms. The molecule has 25 heavy (non-hydrogen) atoms. The van der Waals surface area contributed by atoms with Gasteiger partial charge in [-0.2, -0.15) is 0 Å². The van der Waals surface area contributed by atoms with Gasteiger partial charge in [0, 0.05) is 26.7 Å². The Balaban J connectivity index is 1.93. The van der Waals surface area contributed by atoms with Crippen molar-refractivity contribution in [1.29, 1.82) is 0 Å². The van der Waals surface area contributed by atoms with Crippen LogP contribution in [0.25, 0.3) is 0 Å². The molecule has 1 amide bonds. The topological polar surface area (TPSA) is 54.0 Å². The lowest BCUT2D eigenvalue weighted by Crippen LogP contribution is -2.40. The summed E-state index contributed by atoms with van der Waals surface area (Å²) in [6, 6.07) is 6.49. The smallest absolute Gasteiger partial charge is 0.259 e. The third-order valence-electron chi connectivity index (χ3n) is 4.47. The number of hydrogen-bond acceptors (Lipinski definition) is 5. The molecule has 140 valence electrons. The van der Waals surface area contributed by atoms with Gasteiger partial charge in [-0.15, -0.1) is 0 Å². The van der Waals surface area contributed by atoms with E-state index in [1.807, 2.05) is 25.1 Å². The molecular weight excluding hydrogens is 318 g/mol. The number of nitrogens with zero attached hydrogens (tertiary/aromatic N) is 2. The number of ether oxygens (including phenoxy) is 2. The molecular formula is C19H31N3O3. The van der Waals surface area contributed by atoms with Crippen molar-refractivity contribution >= 4 is 5.91 Å². The van der Waals surface area contributed by atoms with E-state index in [-0.39, 0.29) is 12.5 Å². The van der Waals surface area contributed by atoms with Crippen LogP contribution >= 0.6 is 0 Å². The number of carbonyl (C=O) groups is 1. The molecule has 1 saturated heterocycles. The maximum absolute atomic E-state index is 11.7. The van der Waals surface area contributed by atoms with Crippen molar-refractivity contribution in [2.45, 2.75) is 32.4 Å². The van der Waals surface area contributed by atoms with Gasteiger partial charge in [0.25, 0.3) is 5.91 Å². The number of amides is 1. The van der Waals surface area contributed by atoms with E-state index in [4.69, 9.17) is 9.47 Å². The van der Waals surface area contributed by atoms with E-state index < -0.39 is 0 Å². The monoisotopic (exact) mass is 349 g/mol. The van der Waals surface area contributed by atoms with Gasteiger partial charge in [0.1, 0.15) is 0 Å². The standard InChI is InChI=1S/C19H31N3O3/c1-5-24-18-12-15(13-20-16-8-10-22(4)11-9-16)6-7-17(18)25-14-19(23)21(2)3/h6-7,12,16,20H,5,8-11,13-14H2,1-4H3. The Morgan fingerprint density at radius 3 is 2.60 bits per heavy atom. The first-order valence-corrected chi connectivity index (χ1v) is 9.00. The van der Waals surface area contributed by atoms with Crippen molar-refractivity contribution in [3.8, 4) is 11.5 Å². The molecule has 6 heteroatoms. The largest absolute Gasteiger partial charge is 0.490 e. The van der Waals surface area contributed by atoms with Crippen LogP contribution in [-0.4, -0.2) is 69.2 Å². The summed E-state index contributed by atoms with van der Waals surface area (Å²) in [5.41, 5.74) is 1.16. The SMILES string of the molecule is CCOc1cc(CNC2CCN(C)CC2)ccc1OCC(=O)N(C)C. The zero-order valence-corrected chi connectivity index (χ0v) is 15.9. The number of hydrogen-bond donors (Lipinski definition) is 1. The average molecular weight is 349 g/mol. The highest BCUT2D eigenvalue weighted by molar-refractivity contribution is 5.77. The Morgan fingerprint density at radius 2 is 1.96 bits per heavy atom. The van der Waals surface area contributed by atoms with Crippen molar-refractivity contribution < 1.29 is 14.3 Å². The Hall–Kier alpha value is -1.79. The lowest BCUT2D eigenvalue weighted by atomic mass is 10.1. The minimum absolute atomic E-state index is 0.0141. The Labute approximate surface area is 151 Å². The molecule has 0 unspecified atom stereocenters. The second-order valence-corrected chi connectivity index (χ2v) is 6.75. The normalized spacial score (nSPS) is 15.8. The highest BCUT2D eigenvalue weighted by atomic mass is 16.5. The molecule has 1 aromatic rings. The van der Waals surface area contributed by atoms with E-state index in [2.05, 4.69) is 17.3 Å². The Bertz CT molecular complexity index is 555. The summed E-state index contributed by atoms with van der Waals surface area (Å²) in [6.45, 7) is 5.62. The van der Waals surface area contributed by atoms with Gasteiger partial charge < -0.3 is 24.6 Å². The second-order valence-electron chi connectivity index (χ2n) is 6.75. The average Bonchev–Trinajstić information content (AvgIpc) is 2.60. The predicted molar refractivity (Wildman–Crippen MR) is 99.2 cm³/mol. The summed E-state index contributed by atoms with van der Waals surface area (Å²) in [5.74, 6) is 1.23. The van der Waals surface area contributed by atoms with Gasteiger partial charge in [-0.05, 0) is 57.6 Å². The minimum atomic E-state index is -0.0736. The molecule has 1 fully saturated rings. The summed E-state index contributed by atoms with van der Waals surface area (Å²) in [5, 5.41) is 3.63. The van der Waals surface area contributed by atoms with Crippen LogP contribution in [0.5, 0.6) is 11.5 Å². The van der Waals surface area contributed by atoms with Crippen molar-refractivity contribution in [1.82, 2.24) is 15.1 Å². The number of carbonyl (C=O) groups excluding carboxylic acids is 1. The van der Waals surface area contributed by atoms with Crippen LogP contribution in [0, 0.1) is 0 Å². The van der Waals surface area contributed by atoms with Crippen LogP contribution in [-0.2, 0) is 11.3 Å². The van der Waals surface area contributed by atoms with Crippen molar-refractivity contribution in [2.24, 2.45) is 0 Å². The summed E-state index contributed by atoms with van der Waals surface area (Å²) >= 11 is 0. The summed E-state index contributed by atoms with van der Waals surface area (Å²) in [4.78, 5) is 15.6. The van der Waals surface area contributed by atoms with Gasteiger partial charge >= 0.3 is 0 Å². The van der Waals surface area contributed by atoms with Crippen molar-refractivity contribution in [3.05, 3.63) is 23.8 Å². The van der Waals surface area contributed by atoms with Crippen molar-refractivity contribution in [2.75, 3.05) is 47.4 Å². The number of likely N-dealkylation sites (tertiary alicyclic amines) is 1. The quantitative estimate of drug-likeness (QED) is 0.775. The fourth-order valence-electron chi connectivity index (χ4n) is 2.79. The summed E-state index contributed by atoms with van der Waals surface area (Å²) < 4.78 is 11.3. The maximum Gasteiger partial charge on any atom is 0.259 e. The zero-order valence-electron chi connectivity index (χ0n) is 15.9. The molecule has 0 spiro atoms. The fraction of sp³-hybridized carbons (Fsp3) is 0.632. The molecule has 1 aromatic carbocycles. The second kappa shape index (κ2) is 9.63. The van der Waals surface area contributed by atoms with E-state index in [0.717, 1.165) is 25.2 Å². The van der Waals surface area contributed by atoms with Gasteiger partial charge in [-0.1, -0.05) is 6.07 Å². The van der Waals surface area contributed by atoms with E-state index in [1.165, 1.54) is 17.7 Å². The molecule has 0 saturated carbocycles. The highest BCUT2D eigenvalue weighted by Crippen LogP contribution is 2.28. The summed E-state index contributed by atoms with van der Waals surface area (Å²) in [6.07, 6.45) is 2.37. The van der Waals surface area contributed by atoms with Crippen LogP contribution in [0.2, 0.25) is 0 Å². The number of benzene rings is 1. The van der Waals surface area contributed by atoms with Gasteiger partial charge in [0.2, 0.25) is 0 Å². The van der Waals surface area contributed by atoms with Gasteiger partial charge in [0.15, 0.2) is 18.1 Å². The lowest BCUT2D eigenvalue weighted by Gasteiger charge is -2.29. The van der Waals surface area contributed by atoms with Gasteiger partial charge in [-0.25, -0.2) is 0 Å². The first-order valence-electron chi connectivity index (χ1n) is 9.00. The third-order valence-corrected chi connectivity index (χ3v) is 4.47. The molecule has 1 aliphatic heterocycles. The van der Waals surface area contributed by atoms with Crippen LogP contribution in [0.3, 0.4) is 0 Å². The van der Waals surface area contributed by atoms with E-state index in [9.17, 15) is 4.79 Å². The fourth-order valence-corrected chi connectivity index (χ4v) is 2.79. The minimum Gasteiger partial charge on any atom is -0.490 e. The van der Waals surface area contributed by atoms with E-state index in [0.29, 0.717) is 24.1 Å². The van der Waals surface area contributed by atoms with Crippen molar-refractivity contribution in [3.63, 3.8) is 0 Å². The lowest BCUT2D eigenvalue weighted by molar-refractivity contribution is -0.130. The molecule has 6 nitrogen and oxygen atoms in total. The first kappa shape index (κ1) is 19.5. The molecule has 2 rings (SSSR count). The summed E-state index contributed by atoms with van der Waals surface area (Å²) in [7, 11) is 5.60. The number of rotatable bonds is 8. The Kier molecular flexibility index (Phi) is 7.52. The zero-order chi connectivity index (χ0) is 18.2. The molecule has 0 atom stereocenters. The van der Waals surface area contributed by atoms with Crippen LogP contribution in [0.1, 0.15) is 25.3 Å². The number of piperidine rings is 1. The molecule has 0 aromatic heterocycles. The number of nitrogens with one attached hydrogen (secondary N) is 1. The maximum atomic E-state index is 11.7. The first-order chi connectivity index (χ1) is 12.0. The predicted octanol–water partition coefficient (Wildman–Crippen LogP) is 1.74. The highest BCUT2D eigenvalue weighted by Gasteiger charge is 2.16. The van der Waals surface area contributed by atoms with E-state index >= 15 is 0 Å². The molecule has 1 heterocycles. The molecule has 0 radical (unpaired) electrons. The third kappa shape index (κ3) is 6.21. The number of likely N-dealkylation sites (N-methyl/N-ethyl adjacent to an activating group) is 1. The van der Waals surface area contributed by atoms with E-state index in [1.54, 1.807) is 14.1 Å². The van der Waals surface area contributed by atoms with Crippen LogP contribution < -0.4 is 14.8 Å². The Morgan fingerprint density at radius 1 is 1.24 bits per heavy atom. The van der Waals surface area contributed by atoms with Gasteiger partial charge in [-0.3, -0.25) is 4.79 Å². The molecule has 1 N–H and O–H groups in total. The van der Waals surface area contributed by atoms with Crippen LogP contribution in [0.4, 0.5) is 0 Å². The molecule has 0 aliphatic carbocycles. The van der Waals surface area contributed by atoms with Crippen LogP contribution in [0.15, 0.2) is 18.2 Å². The molecule has 1 aliphatic rings. The van der Waals surface area contributed by atoms with Gasteiger partial charge in [0.05, 0.1) is 6.61 Å².